The van der Waals surface area contributed by atoms with Gasteiger partial charge in [0.1, 0.15) is 0 Å². The van der Waals surface area contributed by atoms with Gasteiger partial charge in [-0.3, -0.25) is 4.90 Å². The van der Waals surface area contributed by atoms with Crippen LogP contribution in [0.1, 0.15) is 45.4 Å². The Hall–Kier alpha value is -0.0800. The lowest BCUT2D eigenvalue weighted by Gasteiger charge is -2.28. The Kier molecular flexibility index (Phi) is 3.13. The van der Waals surface area contributed by atoms with Crippen LogP contribution in [0.25, 0.3) is 0 Å². The second-order valence-corrected chi connectivity index (χ2v) is 5.23. The quantitative estimate of drug-likeness (QED) is 0.748. The van der Waals surface area contributed by atoms with Gasteiger partial charge in [0.25, 0.3) is 0 Å². The van der Waals surface area contributed by atoms with Crippen molar-refractivity contribution in [3.05, 3.63) is 0 Å². The van der Waals surface area contributed by atoms with Gasteiger partial charge in [0, 0.05) is 19.1 Å². The minimum Gasteiger partial charge on any atom is -0.329 e. The normalized spacial score (nSPS) is 28.7. The molecule has 2 N–H and O–H groups in total. The molecule has 2 aliphatic rings. The van der Waals surface area contributed by atoms with Crippen molar-refractivity contribution >= 4 is 0 Å². The predicted molar refractivity (Wildman–Crippen MR) is 60.2 cm³/mol. The van der Waals surface area contributed by atoms with E-state index in [1.54, 1.807) is 0 Å². The van der Waals surface area contributed by atoms with Gasteiger partial charge >= 0.3 is 0 Å². The number of hydrogen-bond donors (Lipinski definition) is 1. The van der Waals surface area contributed by atoms with Gasteiger partial charge in [0.15, 0.2) is 0 Å². The zero-order valence-corrected chi connectivity index (χ0v) is 9.47. The zero-order valence-electron chi connectivity index (χ0n) is 9.47. The SMILES string of the molecule is CCC(CN)N1CCC2(CCCC2)C1. The maximum Gasteiger partial charge on any atom is 0.0216 e. The predicted octanol–water partition coefficient (Wildman–Crippen LogP) is 1.99. The summed E-state index contributed by atoms with van der Waals surface area (Å²) < 4.78 is 0. The lowest BCUT2D eigenvalue weighted by molar-refractivity contribution is 0.203. The summed E-state index contributed by atoms with van der Waals surface area (Å²) in [4.78, 5) is 2.64. The fourth-order valence-electron chi connectivity index (χ4n) is 3.39. The number of likely N-dealkylation sites (tertiary alicyclic amines) is 1. The third-order valence-corrected chi connectivity index (χ3v) is 4.39. The van der Waals surface area contributed by atoms with E-state index < -0.39 is 0 Å². The molecule has 1 saturated carbocycles. The molecular weight excluding hydrogens is 172 g/mol. The van der Waals surface area contributed by atoms with Gasteiger partial charge in [-0.15, -0.1) is 0 Å². The van der Waals surface area contributed by atoms with Gasteiger partial charge in [-0.25, -0.2) is 0 Å². The van der Waals surface area contributed by atoms with E-state index in [4.69, 9.17) is 5.73 Å². The average Bonchev–Trinajstić information content (AvgIpc) is 2.81. The molecule has 1 atom stereocenters. The van der Waals surface area contributed by atoms with E-state index >= 15 is 0 Å². The molecule has 14 heavy (non-hydrogen) atoms. The highest BCUT2D eigenvalue weighted by Crippen LogP contribution is 2.45. The van der Waals surface area contributed by atoms with Crippen LogP contribution in [0.3, 0.4) is 0 Å². The molecule has 1 heterocycles. The third kappa shape index (κ3) is 1.82. The summed E-state index contributed by atoms with van der Waals surface area (Å²) in [5.41, 5.74) is 6.52. The average molecular weight is 196 g/mol. The Morgan fingerprint density at radius 2 is 2.00 bits per heavy atom. The molecule has 0 aromatic heterocycles. The highest BCUT2D eigenvalue weighted by molar-refractivity contribution is 4.95. The fraction of sp³-hybridized carbons (Fsp3) is 1.00. The summed E-state index contributed by atoms with van der Waals surface area (Å²) in [6, 6.07) is 0.648. The van der Waals surface area contributed by atoms with E-state index in [0.29, 0.717) is 11.5 Å². The zero-order chi connectivity index (χ0) is 10.0. The second-order valence-electron chi connectivity index (χ2n) is 5.23. The van der Waals surface area contributed by atoms with Crippen molar-refractivity contribution in [3.63, 3.8) is 0 Å². The highest BCUT2D eigenvalue weighted by atomic mass is 15.2. The van der Waals surface area contributed by atoms with Crippen molar-refractivity contribution in [2.45, 2.75) is 51.5 Å². The summed E-state index contributed by atoms with van der Waals surface area (Å²) in [5.74, 6) is 0. The van der Waals surface area contributed by atoms with E-state index in [1.165, 1.54) is 51.6 Å². The van der Waals surface area contributed by atoms with Crippen molar-refractivity contribution in [2.24, 2.45) is 11.1 Å². The molecule has 0 aromatic rings. The Balaban J connectivity index is 1.93. The standard InChI is InChI=1S/C12H24N2/c1-2-11(9-13)14-8-7-12(10-14)5-3-4-6-12/h11H,2-10,13H2,1H3. The van der Waals surface area contributed by atoms with Crippen LogP contribution in [-0.2, 0) is 0 Å². The molecule has 1 saturated heterocycles. The van der Waals surface area contributed by atoms with Gasteiger partial charge in [0.05, 0.1) is 0 Å². The van der Waals surface area contributed by atoms with Crippen LogP contribution in [0.5, 0.6) is 0 Å². The minimum absolute atomic E-state index is 0.648. The van der Waals surface area contributed by atoms with Crippen LogP contribution in [-0.4, -0.2) is 30.6 Å². The van der Waals surface area contributed by atoms with Gasteiger partial charge in [-0.05, 0) is 37.6 Å². The molecule has 2 nitrogen and oxygen atoms in total. The molecule has 0 bridgehead atoms. The minimum atomic E-state index is 0.648. The summed E-state index contributed by atoms with van der Waals surface area (Å²) in [6.45, 7) is 5.74. The van der Waals surface area contributed by atoms with E-state index in [0.717, 1.165) is 6.54 Å². The Morgan fingerprint density at radius 1 is 1.29 bits per heavy atom. The largest absolute Gasteiger partial charge is 0.329 e. The van der Waals surface area contributed by atoms with Crippen LogP contribution < -0.4 is 5.73 Å². The van der Waals surface area contributed by atoms with E-state index in [2.05, 4.69) is 11.8 Å². The number of hydrogen-bond acceptors (Lipinski definition) is 2. The van der Waals surface area contributed by atoms with Crippen molar-refractivity contribution in [1.29, 1.82) is 0 Å². The van der Waals surface area contributed by atoms with Gasteiger partial charge < -0.3 is 5.73 Å². The van der Waals surface area contributed by atoms with Crippen molar-refractivity contribution < 1.29 is 0 Å². The monoisotopic (exact) mass is 196 g/mol. The molecule has 0 aromatic carbocycles. The maximum absolute atomic E-state index is 5.81. The Bertz CT molecular complexity index is 181. The lowest BCUT2D eigenvalue weighted by atomic mass is 9.85. The van der Waals surface area contributed by atoms with Crippen molar-refractivity contribution in [2.75, 3.05) is 19.6 Å². The number of nitrogens with zero attached hydrogens (tertiary/aromatic N) is 1. The molecular formula is C12H24N2. The first-order valence-electron chi connectivity index (χ1n) is 6.24. The lowest BCUT2D eigenvalue weighted by Crippen LogP contribution is -2.39. The number of nitrogens with two attached hydrogens (primary N) is 1. The molecule has 0 radical (unpaired) electrons. The van der Waals surface area contributed by atoms with Crippen LogP contribution in [0, 0.1) is 5.41 Å². The van der Waals surface area contributed by atoms with Crippen molar-refractivity contribution in [3.8, 4) is 0 Å². The molecule has 1 aliphatic heterocycles. The first-order chi connectivity index (χ1) is 6.79. The Labute approximate surface area is 87.8 Å². The van der Waals surface area contributed by atoms with E-state index in [1.807, 2.05) is 0 Å². The maximum atomic E-state index is 5.81. The topological polar surface area (TPSA) is 29.3 Å². The fourth-order valence-corrected chi connectivity index (χ4v) is 3.39. The summed E-state index contributed by atoms with van der Waals surface area (Å²) in [6.07, 6.45) is 8.53. The van der Waals surface area contributed by atoms with Crippen LogP contribution in [0.15, 0.2) is 0 Å². The van der Waals surface area contributed by atoms with Crippen LogP contribution in [0.2, 0.25) is 0 Å². The Morgan fingerprint density at radius 3 is 2.57 bits per heavy atom. The molecule has 82 valence electrons. The first-order valence-corrected chi connectivity index (χ1v) is 6.24. The molecule has 1 unspecified atom stereocenters. The van der Waals surface area contributed by atoms with Crippen molar-refractivity contribution in [1.82, 2.24) is 4.90 Å². The second kappa shape index (κ2) is 4.19. The molecule has 0 amide bonds. The molecule has 2 fully saturated rings. The molecule has 2 rings (SSSR count). The molecule has 2 heteroatoms. The first kappa shape index (κ1) is 10.4. The third-order valence-electron chi connectivity index (χ3n) is 4.39. The van der Waals surface area contributed by atoms with E-state index in [9.17, 15) is 0 Å². The summed E-state index contributed by atoms with van der Waals surface area (Å²) in [5, 5.41) is 0. The van der Waals surface area contributed by atoms with Gasteiger partial charge in [-0.2, -0.15) is 0 Å². The molecule has 1 aliphatic carbocycles. The summed E-state index contributed by atoms with van der Waals surface area (Å²) in [7, 11) is 0. The smallest absolute Gasteiger partial charge is 0.0216 e. The highest BCUT2D eigenvalue weighted by Gasteiger charge is 2.41. The van der Waals surface area contributed by atoms with Gasteiger partial charge in [-0.1, -0.05) is 19.8 Å². The molecule has 1 spiro atoms. The van der Waals surface area contributed by atoms with Crippen LogP contribution >= 0.6 is 0 Å². The summed E-state index contributed by atoms with van der Waals surface area (Å²) >= 11 is 0. The number of rotatable bonds is 3. The van der Waals surface area contributed by atoms with Crippen LogP contribution in [0.4, 0.5) is 0 Å². The van der Waals surface area contributed by atoms with Gasteiger partial charge in [0.2, 0.25) is 0 Å². The van der Waals surface area contributed by atoms with E-state index in [-0.39, 0.29) is 0 Å².